The van der Waals surface area contributed by atoms with Crippen molar-refractivity contribution in [1.29, 1.82) is 0 Å². The van der Waals surface area contributed by atoms with Gasteiger partial charge in [-0.2, -0.15) is 8.78 Å². The molecule has 1 unspecified atom stereocenters. The number of carboxylic acid groups (broad SMARTS) is 1. The Labute approximate surface area is 188 Å². The SMILES string of the molecule is CCC(CC)COc1ccc(OC(F)(F)P)cc1Cn1cc(C)c2cc(C(=O)O)ccc21. The molecule has 1 N–H and O–H groups in total. The fourth-order valence-corrected chi connectivity index (χ4v) is 3.83. The Morgan fingerprint density at radius 1 is 1.19 bits per heavy atom. The third kappa shape index (κ3) is 5.77. The van der Waals surface area contributed by atoms with Gasteiger partial charge in [-0.1, -0.05) is 26.7 Å². The van der Waals surface area contributed by atoms with E-state index in [4.69, 9.17) is 9.47 Å². The largest absolute Gasteiger partial charge is 0.493 e. The van der Waals surface area contributed by atoms with Crippen LogP contribution in [0.3, 0.4) is 0 Å². The lowest BCUT2D eigenvalue weighted by Crippen LogP contribution is -2.15. The van der Waals surface area contributed by atoms with Gasteiger partial charge in [0.25, 0.3) is 0 Å². The van der Waals surface area contributed by atoms with Crippen molar-refractivity contribution in [2.24, 2.45) is 5.92 Å². The molecule has 0 aliphatic rings. The predicted molar refractivity (Wildman–Crippen MR) is 124 cm³/mol. The molecule has 0 radical (unpaired) electrons. The number of carbonyl (C=O) groups is 1. The molecule has 0 saturated carbocycles. The van der Waals surface area contributed by atoms with Crippen LogP contribution in [0.1, 0.15) is 48.2 Å². The van der Waals surface area contributed by atoms with E-state index in [2.05, 4.69) is 13.8 Å². The summed E-state index contributed by atoms with van der Waals surface area (Å²) in [5.41, 5.74) is 2.68. The third-order valence-electron chi connectivity index (χ3n) is 5.58. The first-order valence-corrected chi connectivity index (χ1v) is 11.1. The first-order chi connectivity index (χ1) is 15.1. The topological polar surface area (TPSA) is 60.7 Å². The summed E-state index contributed by atoms with van der Waals surface area (Å²) in [6.07, 6.45) is 3.89. The summed E-state index contributed by atoms with van der Waals surface area (Å²) < 4.78 is 39.5. The van der Waals surface area contributed by atoms with Crippen molar-refractivity contribution in [1.82, 2.24) is 4.57 Å². The summed E-state index contributed by atoms with van der Waals surface area (Å²) in [6.45, 7) is 7.01. The molecule has 1 atom stereocenters. The molecular formula is C24H28F2NO4P. The Kier molecular flexibility index (Phi) is 7.40. The summed E-state index contributed by atoms with van der Waals surface area (Å²) >= 11 is 0. The second kappa shape index (κ2) is 9.86. The summed E-state index contributed by atoms with van der Waals surface area (Å²) in [5.74, 6) is -3.31. The number of alkyl halides is 2. The van der Waals surface area contributed by atoms with Crippen LogP contribution in [0, 0.1) is 12.8 Å². The quantitative estimate of drug-likeness (QED) is 0.358. The molecule has 0 aliphatic heterocycles. The van der Waals surface area contributed by atoms with Gasteiger partial charge in [-0.05, 0) is 64.0 Å². The Morgan fingerprint density at radius 2 is 1.91 bits per heavy atom. The number of hydrogen-bond acceptors (Lipinski definition) is 3. The molecule has 32 heavy (non-hydrogen) atoms. The number of hydrogen-bond donors (Lipinski definition) is 1. The van der Waals surface area contributed by atoms with Gasteiger partial charge in [0.05, 0.1) is 18.7 Å². The highest BCUT2D eigenvalue weighted by Gasteiger charge is 2.24. The Hall–Kier alpha value is -2.66. The standard InChI is InChI=1S/C24H28F2NO4P/c1-4-16(5-2)14-30-22-9-7-19(31-24(25,26)32)10-18(22)13-27-12-15(3)20-11-17(23(28)29)6-8-21(20)27/h6-12,16H,4-5,13-14,32H2,1-3H3,(H,28,29). The van der Waals surface area contributed by atoms with Crippen LogP contribution in [-0.4, -0.2) is 28.1 Å². The Morgan fingerprint density at radius 3 is 2.53 bits per heavy atom. The first kappa shape index (κ1) is 24.0. The lowest BCUT2D eigenvalue weighted by Gasteiger charge is -2.19. The molecule has 172 valence electrons. The third-order valence-corrected chi connectivity index (χ3v) is 5.70. The van der Waals surface area contributed by atoms with Gasteiger partial charge in [-0.15, -0.1) is 0 Å². The lowest BCUT2D eigenvalue weighted by molar-refractivity contribution is -0.0892. The van der Waals surface area contributed by atoms with Crippen LogP contribution in [0.2, 0.25) is 0 Å². The number of rotatable bonds is 10. The van der Waals surface area contributed by atoms with Gasteiger partial charge in [0.15, 0.2) is 0 Å². The minimum absolute atomic E-state index is 0.0382. The number of carboxylic acids is 1. The first-order valence-electron chi connectivity index (χ1n) is 10.6. The zero-order valence-corrected chi connectivity index (χ0v) is 19.6. The summed E-state index contributed by atoms with van der Waals surface area (Å²) in [7, 11) is 1.37. The van der Waals surface area contributed by atoms with Crippen molar-refractivity contribution in [2.45, 2.75) is 46.0 Å². The summed E-state index contributed by atoms with van der Waals surface area (Å²) in [5, 5.41) is 10.1. The van der Waals surface area contributed by atoms with Gasteiger partial charge < -0.3 is 19.1 Å². The van der Waals surface area contributed by atoms with Crippen LogP contribution in [-0.2, 0) is 6.54 Å². The van der Waals surface area contributed by atoms with E-state index in [-0.39, 0.29) is 11.3 Å². The molecule has 8 heteroatoms. The number of fused-ring (bicyclic) bond motifs is 1. The minimum atomic E-state index is -3.38. The van der Waals surface area contributed by atoms with E-state index in [0.717, 1.165) is 29.3 Å². The molecule has 5 nitrogen and oxygen atoms in total. The van der Waals surface area contributed by atoms with Crippen molar-refractivity contribution in [2.75, 3.05) is 6.61 Å². The fraction of sp³-hybridized carbons (Fsp3) is 0.375. The molecule has 2 aromatic carbocycles. The molecule has 3 rings (SSSR count). The lowest BCUT2D eigenvalue weighted by atomic mass is 10.1. The number of halogens is 2. The van der Waals surface area contributed by atoms with E-state index in [1.807, 2.05) is 17.7 Å². The monoisotopic (exact) mass is 463 g/mol. The van der Waals surface area contributed by atoms with Gasteiger partial charge in [0.1, 0.15) is 11.5 Å². The van der Waals surface area contributed by atoms with Crippen molar-refractivity contribution in [3.05, 3.63) is 59.3 Å². The maximum absolute atomic E-state index is 13.4. The van der Waals surface area contributed by atoms with E-state index >= 15 is 0 Å². The van der Waals surface area contributed by atoms with E-state index in [9.17, 15) is 18.7 Å². The van der Waals surface area contributed by atoms with Crippen LogP contribution < -0.4 is 9.47 Å². The summed E-state index contributed by atoms with van der Waals surface area (Å²) in [6, 6.07) is 9.65. The number of aromatic nitrogens is 1. The van der Waals surface area contributed by atoms with Gasteiger partial charge in [-0.3, -0.25) is 0 Å². The van der Waals surface area contributed by atoms with E-state index in [0.29, 0.717) is 30.4 Å². The Bertz CT molecular complexity index is 1100. The highest BCUT2D eigenvalue weighted by Crippen LogP contribution is 2.33. The van der Waals surface area contributed by atoms with Gasteiger partial charge >= 0.3 is 11.8 Å². The number of ether oxygens (including phenoxy) is 2. The zero-order chi connectivity index (χ0) is 23.5. The maximum atomic E-state index is 13.4. The van der Waals surface area contributed by atoms with Crippen molar-refractivity contribution in [3.8, 4) is 11.5 Å². The molecule has 0 spiro atoms. The summed E-state index contributed by atoms with van der Waals surface area (Å²) in [4.78, 5) is 11.3. The number of aromatic carboxylic acids is 1. The molecule has 3 aromatic rings. The van der Waals surface area contributed by atoms with E-state index in [1.54, 1.807) is 30.3 Å². The average molecular weight is 463 g/mol. The number of benzene rings is 2. The molecule has 0 saturated heterocycles. The molecule has 0 amide bonds. The smallest absolute Gasteiger partial charge is 0.408 e. The fourth-order valence-electron chi connectivity index (χ4n) is 3.70. The van der Waals surface area contributed by atoms with E-state index in [1.165, 1.54) is 15.3 Å². The van der Waals surface area contributed by atoms with Crippen molar-refractivity contribution < 1.29 is 28.2 Å². The van der Waals surface area contributed by atoms with Gasteiger partial charge in [0, 0.05) is 22.7 Å². The van der Waals surface area contributed by atoms with Crippen LogP contribution >= 0.6 is 9.24 Å². The van der Waals surface area contributed by atoms with Crippen LogP contribution in [0.15, 0.2) is 42.6 Å². The highest BCUT2D eigenvalue weighted by molar-refractivity contribution is 7.17. The number of nitrogens with zero attached hydrogens (tertiary/aromatic N) is 1. The molecular weight excluding hydrogens is 435 g/mol. The molecule has 0 fully saturated rings. The second-order valence-corrected chi connectivity index (χ2v) is 8.58. The second-order valence-electron chi connectivity index (χ2n) is 7.90. The van der Waals surface area contributed by atoms with Crippen LogP contribution in [0.25, 0.3) is 10.9 Å². The van der Waals surface area contributed by atoms with E-state index < -0.39 is 11.8 Å². The zero-order valence-electron chi connectivity index (χ0n) is 18.4. The predicted octanol–water partition coefficient (Wildman–Crippen LogP) is 6.32. The van der Waals surface area contributed by atoms with Gasteiger partial charge in [-0.25, -0.2) is 4.79 Å². The molecule has 1 aromatic heterocycles. The van der Waals surface area contributed by atoms with Crippen LogP contribution in [0.4, 0.5) is 8.78 Å². The molecule has 0 bridgehead atoms. The average Bonchev–Trinajstić information content (AvgIpc) is 3.03. The van der Waals surface area contributed by atoms with Crippen LogP contribution in [0.5, 0.6) is 11.5 Å². The van der Waals surface area contributed by atoms with Crippen molar-refractivity contribution in [3.63, 3.8) is 0 Å². The highest BCUT2D eigenvalue weighted by atomic mass is 31.0. The van der Waals surface area contributed by atoms with Crippen molar-refractivity contribution >= 4 is 26.1 Å². The maximum Gasteiger partial charge on any atom is 0.408 e. The van der Waals surface area contributed by atoms with Gasteiger partial charge in [0.2, 0.25) is 0 Å². The molecule has 0 aliphatic carbocycles. The minimum Gasteiger partial charge on any atom is -0.493 e. The molecule has 1 heterocycles. The number of aryl methyl sites for hydroxylation is 1. The normalized spacial score (nSPS) is 11.8. The Balaban J connectivity index is 1.98.